The molecule has 2 aromatic heterocycles. The zero-order valence-electron chi connectivity index (χ0n) is 17.5. The predicted molar refractivity (Wildman–Crippen MR) is 117 cm³/mol. The molecule has 5 rings (SSSR count). The maximum absolute atomic E-state index is 12.5. The minimum Gasteiger partial charge on any atom is -0.469 e. The number of amides is 1. The van der Waals surface area contributed by atoms with E-state index in [4.69, 9.17) is 14.4 Å². The van der Waals surface area contributed by atoms with Crippen molar-refractivity contribution in [3.8, 4) is 0 Å². The number of carbonyl (C=O) groups is 1. The third-order valence-electron chi connectivity index (χ3n) is 6.49. The number of hydrogen-bond donors (Lipinski definition) is 1. The number of carbonyl (C=O) groups excluding carboxylic acids is 1. The summed E-state index contributed by atoms with van der Waals surface area (Å²) in [4.78, 5) is 24.4. The number of furan rings is 1. The fourth-order valence-corrected chi connectivity index (χ4v) is 4.73. The first kappa shape index (κ1) is 19.1. The van der Waals surface area contributed by atoms with Crippen LogP contribution >= 0.6 is 0 Å². The molecule has 3 heterocycles. The van der Waals surface area contributed by atoms with Crippen molar-refractivity contribution in [1.29, 1.82) is 0 Å². The van der Waals surface area contributed by atoms with Crippen LogP contribution < -0.4 is 10.2 Å². The van der Waals surface area contributed by atoms with Crippen LogP contribution in [-0.2, 0) is 24.1 Å². The van der Waals surface area contributed by atoms with Gasteiger partial charge in [-0.3, -0.25) is 4.79 Å². The minimum absolute atomic E-state index is 0.0580. The number of aryl methyl sites for hydroxylation is 3. The Labute approximate surface area is 176 Å². The van der Waals surface area contributed by atoms with Gasteiger partial charge in [-0.25, -0.2) is 9.97 Å². The molecule has 1 aliphatic heterocycles. The quantitative estimate of drug-likeness (QED) is 0.704. The molecule has 0 bridgehead atoms. The average Bonchev–Trinajstić information content (AvgIpc) is 3.44. The molecule has 1 aliphatic carbocycles. The molecule has 1 saturated heterocycles. The minimum atomic E-state index is 0.0580. The Bertz CT molecular complexity index is 1050. The fraction of sp³-hybridized carbons (Fsp3) is 0.458. The summed E-state index contributed by atoms with van der Waals surface area (Å²) in [5, 5.41) is 4.23. The Morgan fingerprint density at radius 1 is 1.20 bits per heavy atom. The molecule has 0 radical (unpaired) electrons. The summed E-state index contributed by atoms with van der Waals surface area (Å²) < 4.78 is 5.32. The van der Waals surface area contributed by atoms with Crippen LogP contribution in [0.1, 0.15) is 41.8 Å². The van der Waals surface area contributed by atoms with Crippen molar-refractivity contribution in [2.75, 3.05) is 24.5 Å². The first-order chi connectivity index (χ1) is 14.7. The smallest absolute Gasteiger partial charge is 0.226 e. The number of aromatic nitrogens is 2. The van der Waals surface area contributed by atoms with Crippen molar-refractivity contribution < 1.29 is 9.21 Å². The highest BCUT2D eigenvalue weighted by Crippen LogP contribution is 2.29. The van der Waals surface area contributed by atoms with Gasteiger partial charge in [0.25, 0.3) is 0 Å². The van der Waals surface area contributed by atoms with Crippen molar-refractivity contribution in [3.05, 3.63) is 53.1 Å². The number of nitrogens with one attached hydrogen (secondary N) is 1. The van der Waals surface area contributed by atoms with E-state index >= 15 is 0 Å². The molecular formula is C24H28N4O2. The van der Waals surface area contributed by atoms with E-state index in [-0.39, 0.29) is 11.8 Å². The van der Waals surface area contributed by atoms with Gasteiger partial charge in [-0.15, -0.1) is 0 Å². The molecule has 1 amide bonds. The van der Waals surface area contributed by atoms with E-state index in [0.717, 1.165) is 61.7 Å². The van der Waals surface area contributed by atoms with Crippen LogP contribution in [-0.4, -0.2) is 35.5 Å². The molecule has 0 saturated carbocycles. The Morgan fingerprint density at radius 3 is 2.77 bits per heavy atom. The lowest BCUT2D eigenvalue weighted by Gasteiger charge is -2.31. The highest BCUT2D eigenvalue weighted by molar-refractivity contribution is 5.84. The summed E-state index contributed by atoms with van der Waals surface area (Å²) in [6, 6.07) is 8.35. The predicted octanol–water partition coefficient (Wildman–Crippen LogP) is 3.60. The summed E-state index contributed by atoms with van der Waals surface area (Å²) in [5.41, 5.74) is 5.00. The second kappa shape index (κ2) is 8.09. The number of piperidine rings is 1. The van der Waals surface area contributed by atoms with Crippen LogP contribution in [0.5, 0.6) is 0 Å². The molecule has 156 valence electrons. The lowest BCUT2D eigenvalue weighted by atomic mass is 9.96. The van der Waals surface area contributed by atoms with E-state index in [2.05, 4.69) is 29.3 Å². The molecule has 0 atom stereocenters. The normalized spacial score (nSPS) is 16.8. The Balaban J connectivity index is 1.21. The first-order valence-corrected chi connectivity index (χ1v) is 11.0. The molecule has 0 unspecified atom stereocenters. The summed E-state index contributed by atoms with van der Waals surface area (Å²) in [6.07, 6.45) is 7.62. The van der Waals surface area contributed by atoms with Gasteiger partial charge in [0.2, 0.25) is 11.9 Å². The average molecular weight is 405 g/mol. The first-order valence-electron chi connectivity index (χ1n) is 11.0. The number of nitrogens with zero attached hydrogens (tertiary/aromatic N) is 3. The van der Waals surface area contributed by atoms with E-state index in [0.29, 0.717) is 6.54 Å². The Hall–Kier alpha value is -2.89. The topological polar surface area (TPSA) is 71.3 Å². The van der Waals surface area contributed by atoms with Crippen LogP contribution in [0.3, 0.4) is 0 Å². The van der Waals surface area contributed by atoms with Gasteiger partial charge in [0, 0.05) is 37.4 Å². The lowest BCUT2D eigenvalue weighted by Crippen LogP contribution is -2.41. The van der Waals surface area contributed by atoms with Crippen molar-refractivity contribution in [1.82, 2.24) is 15.3 Å². The van der Waals surface area contributed by atoms with Gasteiger partial charge in [-0.05, 0) is 74.4 Å². The fourth-order valence-electron chi connectivity index (χ4n) is 4.73. The molecular weight excluding hydrogens is 376 g/mol. The molecule has 6 heteroatoms. The third-order valence-corrected chi connectivity index (χ3v) is 6.49. The Kier molecular flexibility index (Phi) is 5.15. The van der Waals surface area contributed by atoms with Crippen LogP contribution in [0, 0.1) is 12.8 Å². The maximum Gasteiger partial charge on any atom is 0.226 e. The molecule has 0 spiro atoms. The van der Waals surface area contributed by atoms with Crippen LogP contribution in [0.2, 0.25) is 0 Å². The monoisotopic (exact) mass is 404 g/mol. The standard InChI is InChI=1S/C24H28N4O2/c1-16-21-14-18-4-2-5-19(18)15-22(21)27-24(26-16)28-11-8-17(9-12-28)23(29)25-10-7-20-6-3-13-30-20/h3,6,13-15,17H,2,4-5,7-12H2,1H3,(H,25,29). The van der Waals surface area contributed by atoms with Crippen molar-refractivity contribution in [2.45, 2.75) is 45.4 Å². The second-order valence-corrected chi connectivity index (χ2v) is 8.48. The molecule has 6 nitrogen and oxygen atoms in total. The van der Waals surface area contributed by atoms with Gasteiger partial charge in [0.05, 0.1) is 17.5 Å². The molecule has 30 heavy (non-hydrogen) atoms. The summed E-state index contributed by atoms with van der Waals surface area (Å²) >= 11 is 0. The maximum atomic E-state index is 12.5. The van der Waals surface area contributed by atoms with Gasteiger partial charge in [0.1, 0.15) is 5.76 Å². The van der Waals surface area contributed by atoms with Crippen molar-refractivity contribution in [3.63, 3.8) is 0 Å². The number of hydrogen-bond acceptors (Lipinski definition) is 5. The number of rotatable bonds is 5. The second-order valence-electron chi connectivity index (χ2n) is 8.48. The molecule has 3 aromatic rings. The number of anilines is 1. The summed E-state index contributed by atoms with van der Waals surface area (Å²) in [5.74, 6) is 1.91. The largest absolute Gasteiger partial charge is 0.469 e. The number of fused-ring (bicyclic) bond motifs is 2. The lowest BCUT2D eigenvalue weighted by molar-refractivity contribution is -0.125. The zero-order chi connectivity index (χ0) is 20.5. The van der Waals surface area contributed by atoms with Gasteiger partial charge in [-0.2, -0.15) is 0 Å². The van der Waals surface area contributed by atoms with Gasteiger partial charge in [-0.1, -0.05) is 0 Å². The zero-order valence-corrected chi connectivity index (χ0v) is 17.5. The SMILES string of the molecule is Cc1nc(N2CCC(C(=O)NCCc3ccco3)CC2)nc2cc3c(cc12)CCC3. The molecule has 1 N–H and O–H groups in total. The van der Waals surface area contributed by atoms with Gasteiger partial charge in [0.15, 0.2) is 0 Å². The van der Waals surface area contributed by atoms with Crippen molar-refractivity contribution >= 4 is 22.8 Å². The van der Waals surface area contributed by atoms with E-state index < -0.39 is 0 Å². The van der Waals surface area contributed by atoms with E-state index in [1.165, 1.54) is 29.4 Å². The van der Waals surface area contributed by atoms with E-state index in [1.54, 1.807) is 6.26 Å². The highest BCUT2D eigenvalue weighted by atomic mass is 16.3. The number of benzene rings is 1. The van der Waals surface area contributed by atoms with Crippen LogP contribution in [0.25, 0.3) is 10.9 Å². The molecule has 2 aliphatic rings. The summed E-state index contributed by atoms with van der Waals surface area (Å²) in [7, 11) is 0. The summed E-state index contributed by atoms with van der Waals surface area (Å²) in [6.45, 7) is 4.32. The van der Waals surface area contributed by atoms with Crippen molar-refractivity contribution in [2.24, 2.45) is 5.92 Å². The molecule has 1 fully saturated rings. The van der Waals surface area contributed by atoms with E-state index in [1.807, 2.05) is 12.1 Å². The molecule has 1 aromatic carbocycles. The Morgan fingerprint density at radius 2 is 2.00 bits per heavy atom. The third kappa shape index (κ3) is 3.78. The highest BCUT2D eigenvalue weighted by Gasteiger charge is 2.26. The van der Waals surface area contributed by atoms with Crippen LogP contribution in [0.4, 0.5) is 5.95 Å². The van der Waals surface area contributed by atoms with Crippen LogP contribution in [0.15, 0.2) is 34.9 Å². The van der Waals surface area contributed by atoms with Gasteiger partial charge >= 0.3 is 0 Å². The van der Waals surface area contributed by atoms with E-state index in [9.17, 15) is 4.79 Å². The van der Waals surface area contributed by atoms with Gasteiger partial charge < -0.3 is 14.6 Å².